The highest BCUT2D eigenvalue weighted by Gasteiger charge is 2.35. The number of amides is 1. The van der Waals surface area contributed by atoms with Gasteiger partial charge in [-0.05, 0) is 53.5 Å². The van der Waals surface area contributed by atoms with Crippen LogP contribution in [0, 0.1) is 0 Å². The molecule has 3 N–H and O–H groups in total. The number of carbonyl (C=O) groups excluding carboxylic acids is 1. The summed E-state index contributed by atoms with van der Waals surface area (Å²) >= 11 is 0. The molecule has 0 saturated carbocycles. The summed E-state index contributed by atoms with van der Waals surface area (Å²) in [5, 5.41) is 22.4. The number of carbonyl (C=O) groups is 1. The lowest BCUT2D eigenvalue weighted by Gasteiger charge is -2.36. The summed E-state index contributed by atoms with van der Waals surface area (Å²) in [7, 11) is 0. The molecule has 0 spiro atoms. The van der Waals surface area contributed by atoms with Gasteiger partial charge in [0.25, 0.3) is 0 Å². The molecular weight excluding hydrogens is 298 g/mol. The van der Waals surface area contributed by atoms with E-state index in [1.807, 2.05) is 33.8 Å². The molecule has 134 valence electrons. The summed E-state index contributed by atoms with van der Waals surface area (Å²) in [5.74, 6) is -0.111. The highest BCUT2D eigenvalue weighted by molar-refractivity contribution is 5.87. The zero-order chi connectivity index (χ0) is 17.6. The SMILES string of the molecule is C[C@H](CC/C=C/C(=O)NC(C)(C)C)O[C@@H]1O[C@@H](C)C(O)C[C@H]1O. The molecule has 0 aromatic heterocycles. The monoisotopic (exact) mass is 329 g/mol. The van der Waals surface area contributed by atoms with Crippen molar-refractivity contribution in [1.29, 1.82) is 0 Å². The number of aliphatic hydroxyl groups is 2. The maximum atomic E-state index is 11.6. The van der Waals surface area contributed by atoms with Crippen LogP contribution in [-0.4, -0.2) is 52.4 Å². The van der Waals surface area contributed by atoms with Gasteiger partial charge in [0, 0.05) is 12.0 Å². The molecule has 0 aromatic rings. The second kappa shape index (κ2) is 8.78. The molecule has 23 heavy (non-hydrogen) atoms. The van der Waals surface area contributed by atoms with Gasteiger partial charge in [-0.25, -0.2) is 0 Å². The highest BCUT2D eigenvalue weighted by atomic mass is 16.7. The van der Waals surface area contributed by atoms with Gasteiger partial charge in [0.15, 0.2) is 6.29 Å². The maximum absolute atomic E-state index is 11.6. The van der Waals surface area contributed by atoms with Crippen molar-refractivity contribution in [3.05, 3.63) is 12.2 Å². The summed E-state index contributed by atoms with van der Waals surface area (Å²) < 4.78 is 11.2. The first-order valence-electron chi connectivity index (χ1n) is 8.24. The quantitative estimate of drug-likeness (QED) is 0.643. The largest absolute Gasteiger partial charge is 0.390 e. The van der Waals surface area contributed by atoms with E-state index in [1.165, 1.54) is 6.08 Å². The van der Waals surface area contributed by atoms with E-state index in [2.05, 4.69) is 5.32 Å². The van der Waals surface area contributed by atoms with Crippen LogP contribution in [-0.2, 0) is 14.3 Å². The summed E-state index contributed by atoms with van der Waals surface area (Å²) in [6.45, 7) is 9.45. The highest BCUT2D eigenvalue weighted by Crippen LogP contribution is 2.22. The normalized spacial score (nSPS) is 30.4. The van der Waals surface area contributed by atoms with E-state index in [9.17, 15) is 15.0 Å². The van der Waals surface area contributed by atoms with E-state index in [-0.39, 0.29) is 30.1 Å². The van der Waals surface area contributed by atoms with Crippen molar-refractivity contribution < 1.29 is 24.5 Å². The molecule has 0 bridgehead atoms. The van der Waals surface area contributed by atoms with E-state index >= 15 is 0 Å². The molecule has 0 radical (unpaired) electrons. The van der Waals surface area contributed by atoms with Crippen LogP contribution in [0.2, 0.25) is 0 Å². The molecule has 6 nitrogen and oxygen atoms in total. The minimum atomic E-state index is -0.822. The van der Waals surface area contributed by atoms with Gasteiger partial charge < -0.3 is 25.0 Å². The van der Waals surface area contributed by atoms with Crippen molar-refractivity contribution in [3.63, 3.8) is 0 Å². The lowest BCUT2D eigenvalue weighted by Crippen LogP contribution is -2.48. The maximum Gasteiger partial charge on any atom is 0.244 e. The standard InChI is InChI=1S/C17H31NO5/c1-11(8-6-7-9-15(21)18-17(3,4)5)22-16-14(20)10-13(19)12(2)23-16/h7,9,11-14,16,19-20H,6,8,10H2,1-5H3,(H,18,21)/b9-7+/t11-,12+,13?,14-,16-/m1/s1. The topological polar surface area (TPSA) is 88.0 Å². The third-order valence-corrected chi connectivity index (χ3v) is 3.56. The molecular formula is C17H31NO5. The van der Waals surface area contributed by atoms with Gasteiger partial charge in [0.1, 0.15) is 6.10 Å². The number of nitrogens with one attached hydrogen (secondary N) is 1. The van der Waals surface area contributed by atoms with Crippen molar-refractivity contribution in [2.75, 3.05) is 0 Å². The molecule has 1 aliphatic rings. The molecule has 1 aliphatic heterocycles. The van der Waals surface area contributed by atoms with Crippen molar-refractivity contribution in [2.45, 2.75) is 90.1 Å². The van der Waals surface area contributed by atoms with Crippen LogP contribution in [0.25, 0.3) is 0 Å². The lowest BCUT2D eigenvalue weighted by molar-refractivity contribution is -0.273. The molecule has 1 heterocycles. The second-order valence-electron chi connectivity index (χ2n) is 7.25. The smallest absolute Gasteiger partial charge is 0.244 e. The lowest BCUT2D eigenvalue weighted by atomic mass is 10.0. The third-order valence-electron chi connectivity index (χ3n) is 3.56. The van der Waals surface area contributed by atoms with Crippen molar-refractivity contribution >= 4 is 5.91 Å². The van der Waals surface area contributed by atoms with Gasteiger partial charge in [-0.3, -0.25) is 4.79 Å². The molecule has 6 heteroatoms. The summed E-state index contributed by atoms with van der Waals surface area (Å²) in [6.07, 6.45) is 2.34. The van der Waals surface area contributed by atoms with E-state index in [1.54, 1.807) is 6.92 Å². The predicted molar refractivity (Wildman–Crippen MR) is 87.8 cm³/mol. The molecule has 1 unspecified atom stereocenters. The Hall–Kier alpha value is -0.950. The van der Waals surface area contributed by atoms with Gasteiger partial charge in [-0.1, -0.05) is 6.08 Å². The average Bonchev–Trinajstić information content (AvgIpc) is 2.39. The van der Waals surface area contributed by atoms with Crippen molar-refractivity contribution in [1.82, 2.24) is 5.32 Å². The Labute approximate surface area is 138 Å². The van der Waals surface area contributed by atoms with Crippen LogP contribution >= 0.6 is 0 Å². The molecule has 5 atom stereocenters. The molecule has 1 rings (SSSR count). The van der Waals surface area contributed by atoms with E-state index in [4.69, 9.17) is 9.47 Å². The van der Waals surface area contributed by atoms with E-state index < -0.39 is 18.5 Å². The first-order chi connectivity index (χ1) is 10.6. The van der Waals surface area contributed by atoms with Crippen LogP contribution in [0.1, 0.15) is 53.9 Å². The first-order valence-corrected chi connectivity index (χ1v) is 8.24. The van der Waals surface area contributed by atoms with Gasteiger partial charge in [-0.2, -0.15) is 0 Å². The Bertz CT molecular complexity index is 404. The number of hydrogen-bond acceptors (Lipinski definition) is 5. The fraction of sp³-hybridized carbons (Fsp3) is 0.824. The zero-order valence-electron chi connectivity index (χ0n) is 14.8. The van der Waals surface area contributed by atoms with Gasteiger partial charge in [0.2, 0.25) is 5.91 Å². The zero-order valence-corrected chi connectivity index (χ0v) is 14.8. The third kappa shape index (κ3) is 7.92. The fourth-order valence-corrected chi connectivity index (χ4v) is 2.30. The number of allylic oxidation sites excluding steroid dienone is 1. The summed E-state index contributed by atoms with van der Waals surface area (Å²) in [5.41, 5.74) is -0.243. The number of hydrogen-bond donors (Lipinski definition) is 3. The molecule has 0 aliphatic carbocycles. The Morgan fingerprint density at radius 2 is 2.04 bits per heavy atom. The van der Waals surface area contributed by atoms with Gasteiger partial charge in [-0.15, -0.1) is 0 Å². The number of aliphatic hydroxyl groups excluding tert-OH is 2. The molecule has 1 amide bonds. The van der Waals surface area contributed by atoms with Crippen LogP contribution in [0.4, 0.5) is 0 Å². The second-order valence-corrected chi connectivity index (χ2v) is 7.25. The van der Waals surface area contributed by atoms with E-state index in [0.717, 1.165) is 0 Å². The Balaban J connectivity index is 2.29. The molecule has 0 aromatic carbocycles. The van der Waals surface area contributed by atoms with Gasteiger partial charge >= 0.3 is 0 Å². The minimum absolute atomic E-state index is 0.111. The van der Waals surface area contributed by atoms with Crippen LogP contribution < -0.4 is 5.32 Å². The number of ether oxygens (including phenoxy) is 2. The minimum Gasteiger partial charge on any atom is -0.390 e. The Morgan fingerprint density at radius 3 is 2.65 bits per heavy atom. The average molecular weight is 329 g/mol. The number of rotatable bonds is 6. The fourth-order valence-electron chi connectivity index (χ4n) is 2.30. The Kier molecular flexibility index (Phi) is 7.67. The van der Waals surface area contributed by atoms with Crippen LogP contribution in [0.5, 0.6) is 0 Å². The van der Waals surface area contributed by atoms with Crippen molar-refractivity contribution in [3.8, 4) is 0 Å². The van der Waals surface area contributed by atoms with Crippen LogP contribution in [0.3, 0.4) is 0 Å². The van der Waals surface area contributed by atoms with Crippen molar-refractivity contribution in [2.24, 2.45) is 0 Å². The van der Waals surface area contributed by atoms with Crippen LogP contribution in [0.15, 0.2) is 12.2 Å². The predicted octanol–water partition coefficient (Wildman–Crippen LogP) is 1.50. The van der Waals surface area contributed by atoms with Gasteiger partial charge in [0.05, 0.1) is 18.3 Å². The molecule has 1 saturated heterocycles. The first kappa shape index (κ1) is 20.1. The van der Waals surface area contributed by atoms with E-state index in [0.29, 0.717) is 12.8 Å². The summed E-state index contributed by atoms with van der Waals surface area (Å²) in [4.78, 5) is 11.6. The summed E-state index contributed by atoms with van der Waals surface area (Å²) in [6, 6.07) is 0. The molecule has 1 fully saturated rings. The Morgan fingerprint density at radius 1 is 1.39 bits per heavy atom.